The summed E-state index contributed by atoms with van der Waals surface area (Å²) in [5.74, 6) is 0.497. The summed E-state index contributed by atoms with van der Waals surface area (Å²) in [7, 11) is 0. The Labute approximate surface area is 86.7 Å². The number of aromatic nitrogens is 4. The first-order valence-electron chi connectivity index (χ1n) is 4.56. The molecule has 2 aromatic rings. The summed E-state index contributed by atoms with van der Waals surface area (Å²) in [5, 5.41) is 7.58. The van der Waals surface area contributed by atoms with Crippen LogP contribution in [0.2, 0.25) is 0 Å². The Morgan fingerprint density at radius 2 is 2.40 bits per heavy atom. The van der Waals surface area contributed by atoms with Crippen LogP contribution in [0.4, 0.5) is 5.69 Å². The predicted octanol–water partition coefficient (Wildman–Crippen LogP) is 0.643. The average molecular weight is 205 g/mol. The number of nitrogens with two attached hydrogens (primary N) is 1. The molecule has 2 heterocycles. The van der Waals surface area contributed by atoms with Gasteiger partial charge >= 0.3 is 0 Å². The van der Waals surface area contributed by atoms with Crippen molar-refractivity contribution >= 4 is 5.69 Å². The number of hydrogen-bond acceptors (Lipinski definition) is 5. The number of hydrogen-bond donors (Lipinski definition) is 1. The van der Waals surface area contributed by atoms with Crippen LogP contribution in [0.25, 0.3) is 5.69 Å². The lowest BCUT2D eigenvalue weighted by atomic mass is 10.3. The zero-order valence-corrected chi connectivity index (χ0v) is 8.29. The van der Waals surface area contributed by atoms with Crippen molar-refractivity contribution < 1.29 is 4.74 Å². The average Bonchev–Trinajstić information content (AvgIpc) is 2.74. The Morgan fingerprint density at radius 3 is 3.07 bits per heavy atom. The molecule has 0 unspecified atom stereocenters. The van der Waals surface area contributed by atoms with E-state index in [4.69, 9.17) is 10.5 Å². The molecule has 2 N–H and O–H groups in total. The van der Waals surface area contributed by atoms with Crippen molar-refractivity contribution in [1.29, 1.82) is 0 Å². The Bertz CT molecular complexity index is 440. The van der Waals surface area contributed by atoms with Crippen LogP contribution in [0.5, 0.6) is 5.88 Å². The van der Waals surface area contributed by atoms with Crippen LogP contribution in [0, 0.1) is 0 Å². The third-order valence-electron chi connectivity index (χ3n) is 1.80. The number of anilines is 1. The third-order valence-corrected chi connectivity index (χ3v) is 1.80. The highest BCUT2D eigenvalue weighted by molar-refractivity contribution is 5.50. The van der Waals surface area contributed by atoms with Crippen molar-refractivity contribution in [3.05, 3.63) is 24.7 Å². The van der Waals surface area contributed by atoms with E-state index >= 15 is 0 Å². The maximum atomic E-state index is 5.65. The normalized spacial score (nSPS) is 10.2. The van der Waals surface area contributed by atoms with E-state index in [2.05, 4.69) is 15.3 Å². The van der Waals surface area contributed by atoms with Gasteiger partial charge in [0.05, 0.1) is 30.9 Å². The van der Waals surface area contributed by atoms with Crippen LogP contribution in [0.3, 0.4) is 0 Å². The summed E-state index contributed by atoms with van der Waals surface area (Å²) in [5.41, 5.74) is 6.90. The van der Waals surface area contributed by atoms with E-state index in [-0.39, 0.29) is 0 Å². The van der Waals surface area contributed by atoms with Gasteiger partial charge in [0, 0.05) is 0 Å². The van der Waals surface area contributed by atoms with E-state index in [1.54, 1.807) is 29.3 Å². The molecule has 0 spiro atoms. The standard InChI is InChI=1S/C9H11N5O/c1-2-15-9-8(5-7(10)6-11-9)14-4-3-12-13-14/h3-6H,2,10H2,1H3. The first-order chi connectivity index (χ1) is 7.31. The van der Waals surface area contributed by atoms with Crippen molar-refractivity contribution in [3.8, 4) is 11.6 Å². The predicted molar refractivity (Wildman–Crippen MR) is 54.7 cm³/mol. The molecule has 0 aliphatic heterocycles. The highest BCUT2D eigenvalue weighted by atomic mass is 16.5. The van der Waals surface area contributed by atoms with Crippen molar-refractivity contribution in [3.63, 3.8) is 0 Å². The van der Waals surface area contributed by atoms with Crippen LogP contribution in [-0.4, -0.2) is 26.6 Å². The lowest BCUT2D eigenvalue weighted by Crippen LogP contribution is -2.04. The second-order valence-electron chi connectivity index (χ2n) is 2.87. The van der Waals surface area contributed by atoms with E-state index in [9.17, 15) is 0 Å². The molecule has 0 saturated heterocycles. The van der Waals surface area contributed by atoms with Crippen LogP contribution in [-0.2, 0) is 0 Å². The fraction of sp³-hybridized carbons (Fsp3) is 0.222. The van der Waals surface area contributed by atoms with Crippen LogP contribution in [0.1, 0.15) is 6.92 Å². The van der Waals surface area contributed by atoms with Gasteiger partial charge in [-0.1, -0.05) is 5.21 Å². The van der Waals surface area contributed by atoms with E-state index in [1.807, 2.05) is 6.92 Å². The van der Waals surface area contributed by atoms with Crippen molar-refractivity contribution in [2.24, 2.45) is 0 Å². The van der Waals surface area contributed by atoms with Crippen molar-refractivity contribution in [1.82, 2.24) is 20.0 Å². The molecule has 0 fully saturated rings. The molecule has 0 amide bonds. The molecule has 6 nitrogen and oxygen atoms in total. The highest BCUT2D eigenvalue weighted by Gasteiger charge is 2.08. The fourth-order valence-electron chi connectivity index (χ4n) is 1.20. The van der Waals surface area contributed by atoms with Gasteiger partial charge < -0.3 is 10.5 Å². The van der Waals surface area contributed by atoms with Gasteiger partial charge in [-0.25, -0.2) is 9.67 Å². The topological polar surface area (TPSA) is 78.9 Å². The summed E-state index contributed by atoms with van der Waals surface area (Å²) in [4.78, 5) is 4.09. The van der Waals surface area contributed by atoms with Crippen LogP contribution >= 0.6 is 0 Å². The van der Waals surface area contributed by atoms with Crippen LogP contribution < -0.4 is 10.5 Å². The monoisotopic (exact) mass is 205 g/mol. The van der Waals surface area contributed by atoms with Crippen LogP contribution in [0.15, 0.2) is 24.7 Å². The number of nitrogen functional groups attached to an aromatic ring is 1. The van der Waals surface area contributed by atoms with Gasteiger partial charge in [-0.05, 0) is 13.0 Å². The molecule has 0 aliphatic rings. The lowest BCUT2D eigenvalue weighted by molar-refractivity contribution is 0.325. The maximum absolute atomic E-state index is 5.65. The molecule has 0 radical (unpaired) electrons. The van der Waals surface area contributed by atoms with Gasteiger partial charge in [-0.3, -0.25) is 0 Å². The summed E-state index contributed by atoms with van der Waals surface area (Å²) in [6.45, 7) is 2.43. The molecule has 0 aliphatic carbocycles. The van der Waals surface area contributed by atoms with E-state index in [0.717, 1.165) is 0 Å². The molecular formula is C9H11N5O. The number of rotatable bonds is 3. The highest BCUT2D eigenvalue weighted by Crippen LogP contribution is 2.21. The van der Waals surface area contributed by atoms with E-state index in [1.165, 1.54) is 0 Å². The molecule has 6 heteroatoms. The zero-order valence-electron chi connectivity index (χ0n) is 8.29. The second-order valence-corrected chi connectivity index (χ2v) is 2.87. The third kappa shape index (κ3) is 1.88. The molecule has 2 rings (SSSR count). The number of pyridine rings is 1. The summed E-state index contributed by atoms with van der Waals surface area (Å²) < 4.78 is 6.92. The van der Waals surface area contributed by atoms with Gasteiger partial charge in [0.25, 0.3) is 0 Å². The minimum absolute atomic E-state index is 0.497. The molecule has 15 heavy (non-hydrogen) atoms. The molecule has 78 valence electrons. The lowest BCUT2D eigenvalue weighted by Gasteiger charge is -2.08. The van der Waals surface area contributed by atoms with Crippen molar-refractivity contribution in [2.75, 3.05) is 12.3 Å². The van der Waals surface area contributed by atoms with Gasteiger partial charge in [-0.2, -0.15) is 0 Å². The van der Waals surface area contributed by atoms with E-state index < -0.39 is 0 Å². The second kappa shape index (κ2) is 3.95. The SMILES string of the molecule is CCOc1ncc(N)cc1-n1ccnn1. The first kappa shape index (κ1) is 9.45. The quantitative estimate of drug-likeness (QED) is 0.795. The maximum Gasteiger partial charge on any atom is 0.240 e. The Hall–Kier alpha value is -2.11. The summed E-state index contributed by atoms with van der Waals surface area (Å²) in [6, 6.07) is 1.74. The fourth-order valence-corrected chi connectivity index (χ4v) is 1.20. The Balaban J connectivity index is 2.47. The zero-order chi connectivity index (χ0) is 10.7. The minimum atomic E-state index is 0.497. The summed E-state index contributed by atoms with van der Waals surface area (Å²) >= 11 is 0. The molecular weight excluding hydrogens is 194 g/mol. The van der Waals surface area contributed by atoms with E-state index in [0.29, 0.717) is 23.9 Å². The molecule has 2 aromatic heterocycles. The first-order valence-corrected chi connectivity index (χ1v) is 4.56. The molecule has 0 bridgehead atoms. The molecule has 0 saturated carbocycles. The Kier molecular flexibility index (Phi) is 2.49. The number of ether oxygens (including phenoxy) is 1. The smallest absolute Gasteiger partial charge is 0.240 e. The van der Waals surface area contributed by atoms with Gasteiger partial charge in [-0.15, -0.1) is 5.10 Å². The van der Waals surface area contributed by atoms with Gasteiger partial charge in [0.1, 0.15) is 5.69 Å². The largest absolute Gasteiger partial charge is 0.476 e. The molecule has 0 aromatic carbocycles. The van der Waals surface area contributed by atoms with Crippen molar-refractivity contribution in [2.45, 2.75) is 6.92 Å². The summed E-state index contributed by atoms with van der Waals surface area (Å²) in [6.07, 6.45) is 4.84. The van der Waals surface area contributed by atoms with Gasteiger partial charge in [0.2, 0.25) is 5.88 Å². The van der Waals surface area contributed by atoms with Gasteiger partial charge in [0.15, 0.2) is 0 Å². The number of nitrogens with zero attached hydrogens (tertiary/aromatic N) is 4. The Morgan fingerprint density at radius 1 is 1.53 bits per heavy atom. The molecule has 0 atom stereocenters. The minimum Gasteiger partial charge on any atom is -0.476 e.